The zero-order valence-corrected chi connectivity index (χ0v) is 9.51. The third-order valence-corrected chi connectivity index (χ3v) is 2.82. The first-order valence-electron chi connectivity index (χ1n) is 4.50. The van der Waals surface area contributed by atoms with Crippen molar-refractivity contribution in [3.05, 3.63) is 58.6 Å². The number of hydrogen-bond acceptors (Lipinski definition) is 0. The summed E-state index contributed by atoms with van der Waals surface area (Å²) >= 11 is 3.50. The Morgan fingerprint density at radius 1 is 1.07 bits per heavy atom. The van der Waals surface area contributed by atoms with Gasteiger partial charge in [0, 0.05) is 4.47 Å². The molecule has 0 unspecified atom stereocenters. The average molecular weight is 246 g/mol. The van der Waals surface area contributed by atoms with Gasteiger partial charge in [-0.15, -0.1) is 0 Å². The van der Waals surface area contributed by atoms with Crippen molar-refractivity contribution in [3.8, 4) is 11.1 Å². The first kappa shape index (κ1) is 9.47. The van der Waals surface area contributed by atoms with Crippen LogP contribution in [0.15, 0.2) is 46.9 Å². The number of halogens is 1. The van der Waals surface area contributed by atoms with Crippen LogP contribution in [-0.2, 0) is 0 Å². The summed E-state index contributed by atoms with van der Waals surface area (Å²) in [5.74, 6) is 0. The summed E-state index contributed by atoms with van der Waals surface area (Å²) in [4.78, 5) is 0. The fourth-order valence-electron chi connectivity index (χ4n) is 1.37. The summed E-state index contributed by atoms with van der Waals surface area (Å²) in [5.41, 5.74) is 3.69. The van der Waals surface area contributed by atoms with Gasteiger partial charge in [0.1, 0.15) is 0 Å². The molecule has 0 N–H and O–H groups in total. The predicted molar refractivity (Wildman–Crippen MR) is 63.2 cm³/mol. The highest BCUT2D eigenvalue weighted by Crippen LogP contribution is 2.27. The quantitative estimate of drug-likeness (QED) is 0.706. The Labute approximate surface area is 92.7 Å². The summed E-state index contributed by atoms with van der Waals surface area (Å²) in [5, 5.41) is 0. The molecular formula is C13H10Br. The number of benzene rings is 2. The lowest BCUT2D eigenvalue weighted by molar-refractivity contribution is 1.46. The molecule has 0 aliphatic rings. The summed E-state index contributed by atoms with van der Waals surface area (Å²) < 4.78 is 1.02. The van der Waals surface area contributed by atoms with Crippen LogP contribution in [-0.4, -0.2) is 0 Å². The maximum Gasteiger partial charge on any atom is 0.0332 e. The molecule has 0 amide bonds. The van der Waals surface area contributed by atoms with Crippen LogP contribution in [0.3, 0.4) is 0 Å². The van der Waals surface area contributed by atoms with Gasteiger partial charge in [-0.1, -0.05) is 48.0 Å². The third kappa shape index (κ3) is 1.88. The van der Waals surface area contributed by atoms with Crippen molar-refractivity contribution >= 4 is 15.9 Å². The molecule has 2 aromatic rings. The Morgan fingerprint density at radius 2 is 1.79 bits per heavy atom. The fourth-order valence-corrected chi connectivity index (χ4v) is 1.87. The second kappa shape index (κ2) is 3.97. The topological polar surface area (TPSA) is 0 Å². The highest BCUT2D eigenvalue weighted by molar-refractivity contribution is 9.10. The summed E-state index contributed by atoms with van der Waals surface area (Å²) in [7, 11) is 0. The molecule has 0 aliphatic heterocycles. The molecule has 0 aromatic heterocycles. The highest BCUT2D eigenvalue weighted by Gasteiger charge is 2.00. The zero-order chi connectivity index (χ0) is 9.97. The number of hydrogen-bond donors (Lipinski definition) is 0. The van der Waals surface area contributed by atoms with Crippen molar-refractivity contribution < 1.29 is 0 Å². The van der Waals surface area contributed by atoms with Crippen LogP contribution in [0.4, 0.5) is 0 Å². The molecule has 69 valence electrons. The third-order valence-electron chi connectivity index (χ3n) is 2.17. The fraction of sp³-hybridized carbons (Fsp3) is 0.0769. The monoisotopic (exact) mass is 245 g/mol. The van der Waals surface area contributed by atoms with E-state index in [4.69, 9.17) is 0 Å². The Morgan fingerprint density at radius 3 is 2.43 bits per heavy atom. The molecule has 1 radical (unpaired) electrons. The number of aryl methyl sites for hydroxylation is 1. The molecule has 1 heteroatoms. The molecule has 0 aliphatic carbocycles. The van der Waals surface area contributed by atoms with Gasteiger partial charge in [-0.05, 0) is 40.0 Å². The first-order chi connectivity index (χ1) is 6.77. The van der Waals surface area contributed by atoms with Crippen LogP contribution in [0.5, 0.6) is 0 Å². The van der Waals surface area contributed by atoms with Gasteiger partial charge in [-0.3, -0.25) is 0 Å². The molecule has 0 atom stereocenters. The smallest absolute Gasteiger partial charge is 0.0332 e. The van der Waals surface area contributed by atoms with E-state index in [9.17, 15) is 0 Å². The van der Waals surface area contributed by atoms with Crippen molar-refractivity contribution in [2.45, 2.75) is 6.92 Å². The average Bonchev–Trinajstić information content (AvgIpc) is 2.20. The van der Waals surface area contributed by atoms with Gasteiger partial charge < -0.3 is 0 Å². The van der Waals surface area contributed by atoms with Gasteiger partial charge in [0.2, 0.25) is 0 Å². The van der Waals surface area contributed by atoms with E-state index in [2.05, 4.69) is 59.3 Å². The second-order valence-electron chi connectivity index (χ2n) is 3.26. The van der Waals surface area contributed by atoms with Crippen LogP contribution in [0.1, 0.15) is 5.56 Å². The van der Waals surface area contributed by atoms with Crippen molar-refractivity contribution in [1.82, 2.24) is 0 Å². The van der Waals surface area contributed by atoms with Crippen molar-refractivity contribution in [2.24, 2.45) is 0 Å². The molecule has 0 bridgehead atoms. The van der Waals surface area contributed by atoms with Crippen molar-refractivity contribution in [3.63, 3.8) is 0 Å². The van der Waals surface area contributed by atoms with E-state index < -0.39 is 0 Å². The molecule has 2 aromatic carbocycles. The van der Waals surface area contributed by atoms with E-state index in [0.717, 1.165) is 4.47 Å². The normalized spacial score (nSPS) is 10.1. The molecule has 0 saturated heterocycles. The van der Waals surface area contributed by atoms with Crippen LogP contribution < -0.4 is 0 Å². The van der Waals surface area contributed by atoms with Gasteiger partial charge in [0.25, 0.3) is 0 Å². The molecule has 0 nitrogen and oxygen atoms in total. The highest BCUT2D eigenvalue weighted by atomic mass is 79.9. The minimum atomic E-state index is 1.02. The Hall–Kier alpha value is -1.08. The van der Waals surface area contributed by atoms with Gasteiger partial charge in [0.15, 0.2) is 0 Å². The minimum Gasteiger partial charge on any atom is -0.0610 e. The van der Waals surface area contributed by atoms with Gasteiger partial charge in [-0.25, -0.2) is 0 Å². The maximum absolute atomic E-state index is 3.50. The molecule has 0 saturated carbocycles. The largest absolute Gasteiger partial charge is 0.0610 e. The van der Waals surface area contributed by atoms with E-state index in [0.29, 0.717) is 0 Å². The van der Waals surface area contributed by atoms with E-state index in [-0.39, 0.29) is 0 Å². The van der Waals surface area contributed by atoms with E-state index in [1.54, 1.807) is 0 Å². The number of rotatable bonds is 1. The standard InChI is InChI=1S/C13H10Br/c1-10-6-8-11(9-7-10)12-4-2-3-5-13(12)14/h2-4,6-9H,1H3. The van der Waals surface area contributed by atoms with Gasteiger partial charge in [-0.2, -0.15) is 0 Å². The van der Waals surface area contributed by atoms with E-state index in [1.165, 1.54) is 16.7 Å². The zero-order valence-electron chi connectivity index (χ0n) is 7.92. The second-order valence-corrected chi connectivity index (χ2v) is 4.06. The van der Waals surface area contributed by atoms with Crippen LogP contribution >= 0.6 is 15.9 Å². The van der Waals surface area contributed by atoms with Gasteiger partial charge in [0.05, 0.1) is 0 Å². The Kier molecular flexibility index (Phi) is 2.69. The Balaban J connectivity index is 2.50. The summed E-state index contributed by atoms with van der Waals surface area (Å²) in [6.45, 7) is 2.09. The summed E-state index contributed by atoms with van der Waals surface area (Å²) in [6.07, 6.45) is 0. The summed E-state index contributed by atoms with van der Waals surface area (Å²) in [6, 6.07) is 17.6. The van der Waals surface area contributed by atoms with Crippen molar-refractivity contribution in [2.75, 3.05) is 0 Å². The predicted octanol–water partition coefficient (Wildman–Crippen LogP) is 4.22. The molecular weight excluding hydrogens is 236 g/mol. The first-order valence-corrected chi connectivity index (χ1v) is 5.30. The van der Waals surface area contributed by atoms with Crippen LogP contribution in [0, 0.1) is 13.0 Å². The maximum atomic E-state index is 3.50. The molecule has 2 rings (SSSR count). The van der Waals surface area contributed by atoms with Crippen molar-refractivity contribution in [1.29, 1.82) is 0 Å². The lowest BCUT2D eigenvalue weighted by atomic mass is 10.0. The van der Waals surface area contributed by atoms with E-state index in [1.807, 2.05) is 12.1 Å². The lowest BCUT2D eigenvalue weighted by Gasteiger charge is -2.03. The molecule has 14 heavy (non-hydrogen) atoms. The van der Waals surface area contributed by atoms with Crippen LogP contribution in [0.2, 0.25) is 0 Å². The minimum absolute atomic E-state index is 1.02. The SMILES string of the molecule is Cc1ccc(-c2ccc[c]c2Br)cc1. The molecule has 0 fully saturated rings. The lowest BCUT2D eigenvalue weighted by Crippen LogP contribution is -1.79. The molecule has 0 heterocycles. The van der Waals surface area contributed by atoms with E-state index >= 15 is 0 Å². The van der Waals surface area contributed by atoms with Crippen LogP contribution in [0.25, 0.3) is 11.1 Å². The Bertz CT molecular complexity index is 429. The van der Waals surface area contributed by atoms with Gasteiger partial charge >= 0.3 is 0 Å². The molecule has 0 spiro atoms.